The highest BCUT2D eigenvalue weighted by Gasteiger charge is 2.06. The number of carboxylic acids is 1. The molecule has 0 radical (unpaired) electrons. The zero-order valence-corrected chi connectivity index (χ0v) is 34.9. The summed E-state index contributed by atoms with van der Waals surface area (Å²) in [5.74, 6) is -0.644. The van der Waals surface area contributed by atoms with Gasteiger partial charge in [0.2, 0.25) is 0 Å². The Labute approximate surface area is 316 Å². The molecule has 0 fully saturated rings. The van der Waals surface area contributed by atoms with Gasteiger partial charge < -0.3 is 10.0 Å². The topological polar surface area (TPSA) is 40.5 Å². The molecule has 1 N–H and O–H groups in total. The molecule has 0 aliphatic rings. The molecule has 0 aromatic heterocycles. The number of carbonyl (C=O) groups is 1. The molecule has 0 spiro atoms. The molecule has 0 aliphatic carbocycles. The Hall–Kier alpha value is -0.570. The Balaban J connectivity index is 3.63. The van der Waals surface area contributed by atoms with Crippen molar-refractivity contribution in [2.75, 3.05) is 19.6 Å². The fraction of sp³-hybridized carbons (Fsp3) is 0.979. The average molecular weight is 706 g/mol. The third-order valence-electron chi connectivity index (χ3n) is 11.3. The number of aliphatic carboxylic acids is 1. The van der Waals surface area contributed by atoms with Crippen molar-refractivity contribution in [1.82, 2.24) is 4.90 Å². The van der Waals surface area contributed by atoms with Crippen molar-refractivity contribution in [1.29, 1.82) is 0 Å². The van der Waals surface area contributed by atoms with Crippen molar-refractivity contribution in [3.63, 3.8) is 0 Å². The van der Waals surface area contributed by atoms with Crippen LogP contribution in [-0.2, 0) is 4.79 Å². The highest BCUT2D eigenvalue weighted by molar-refractivity contribution is 5.66. The zero-order chi connectivity index (χ0) is 36.3. The van der Waals surface area contributed by atoms with Crippen molar-refractivity contribution in [3.8, 4) is 0 Å². The van der Waals surface area contributed by atoms with Crippen molar-refractivity contribution < 1.29 is 9.90 Å². The largest absolute Gasteiger partial charge is 0.481 e. The first-order valence-electron chi connectivity index (χ1n) is 23.6. The molecule has 0 aromatic rings. The van der Waals surface area contributed by atoms with E-state index in [-0.39, 0.29) is 0 Å². The van der Waals surface area contributed by atoms with Crippen LogP contribution in [0.1, 0.15) is 277 Å². The van der Waals surface area contributed by atoms with Gasteiger partial charge in [0.25, 0.3) is 0 Å². The minimum absolute atomic E-state index is 0.326. The Bertz CT molecular complexity index is 580. The van der Waals surface area contributed by atoms with E-state index in [0.29, 0.717) is 6.42 Å². The molecule has 50 heavy (non-hydrogen) atoms. The number of unbranched alkanes of at least 4 members (excludes halogenated alkanes) is 37. The maximum Gasteiger partial charge on any atom is 0.303 e. The molecule has 3 heteroatoms. The fourth-order valence-electron chi connectivity index (χ4n) is 7.77. The van der Waals surface area contributed by atoms with Crippen LogP contribution in [0.2, 0.25) is 0 Å². The van der Waals surface area contributed by atoms with Crippen molar-refractivity contribution in [2.24, 2.45) is 0 Å². The molecule has 0 saturated heterocycles. The summed E-state index contributed by atoms with van der Waals surface area (Å²) in [5.41, 5.74) is 0. The van der Waals surface area contributed by atoms with E-state index < -0.39 is 5.97 Å². The predicted octanol–water partition coefficient (Wildman–Crippen LogP) is 16.4. The second-order valence-corrected chi connectivity index (χ2v) is 16.4. The van der Waals surface area contributed by atoms with E-state index in [2.05, 4.69) is 18.7 Å². The summed E-state index contributed by atoms with van der Waals surface area (Å²) in [6.45, 7) is 8.12. The Kier molecular flexibility index (Phi) is 44.1. The molecule has 0 amide bonds. The van der Waals surface area contributed by atoms with Gasteiger partial charge in [0, 0.05) is 6.42 Å². The summed E-state index contributed by atoms with van der Waals surface area (Å²) in [7, 11) is 0. The van der Waals surface area contributed by atoms with Gasteiger partial charge >= 0.3 is 5.97 Å². The van der Waals surface area contributed by atoms with Gasteiger partial charge in [0.15, 0.2) is 0 Å². The van der Waals surface area contributed by atoms with Gasteiger partial charge in [-0.2, -0.15) is 0 Å². The van der Waals surface area contributed by atoms with Crippen LogP contribution in [0, 0.1) is 0 Å². The molecule has 0 heterocycles. The SMILES string of the molecule is CCCCCCCCCCCCCCCCCCCCCN(CCCCCCCCCCCCCCCCCCCCC)CCCCC(=O)O. The predicted molar refractivity (Wildman–Crippen MR) is 225 cm³/mol. The minimum atomic E-state index is -0.644. The first kappa shape index (κ1) is 49.4. The van der Waals surface area contributed by atoms with Crippen molar-refractivity contribution in [3.05, 3.63) is 0 Å². The van der Waals surface area contributed by atoms with Gasteiger partial charge in [-0.1, -0.05) is 245 Å². The van der Waals surface area contributed by atoms with Gasteiger partial charge in [0.1, 0.15) is 0 Å². The number of rotatable bonds is 45. The smallest absolute Gasteiger partial charge is 0.303 e. The number of hydrogen-bond acceptors (Lipinski definition) is 2. The summed E-state index contributed by atoms with van der Waals surface area (Å²) < 4.78 is 0. The highest BCUT2D eigenvalue weighted by atomic mass is 16.4. The molecule has 0 saturated carbocycles. The van der Waals surface area contributed by atoms with E-state index in [1.165, 1.54) is 257 Å². The molecule has 0 aliphatic heterocycles. The maximum absolute atomic E-state index is 11.0. The molecule has 0 unspecified atom stereocenters. The quantitative estimate of drug-likeness (QED) is 0.0641. The summed E-state index contributed by atoms with van der Waals surface area (Å²) >= 11 is 0. The average Bonchev–Trinajstić information content (AvgIpc) is 3.11. The van der Waals surface area contributed by atoms with Crippen LogP contribution < -0.4 is 0 Å². The van der Waals surface area contributed by atoms with Gasteiger partial charge in [0.05, 0.1) is 0 Å². The van der Waals surface area contributed by atoms with Crippen LogP contribution in [0.15, 0.2) is 0 Å². The van der Waals surface area contributed by atoms with Crippen LogP contribution >= 0.6 is 0 Å². The second-order valence-electron chi connectivity index (χ2n) is 16.4. The van der Waals surface area contributed by atoms with Crippen LogP contribution in [-0.4, -0.2) is 35.6 Å². The lowest BCUT2D eigenvalue weighted by atomic mass is 10.0. The monoisotopic (exact) mass is 706 g/mol. The standard InChI is InChI=1S/C47H95NO2/c1-3-5-7-9-11-13-15-17-19-21-23-25-27-29-31-33-35-37-40-44-48(46-42-39-43-47(49)50)45-41-38-36-34-32-30-28-26-24-22-20-18-16-14-12-10-8-6-4-2/h3-46H2,1-2H3,(H,49,50). The molecular weight excluding hydrogens is 611 g/mol. The van der Waals surface area contributed by atoms with E-state index in [0.717, 1.165) is 19.4 Å². The van der Waals surface area contributed by atoms with Gasteiger partial charge in [-0.05, 0) is 45.3 Å². The zero-order valence-electron chi connectivity index (χ0n) is 34.9. The Morgan fingerprint density at radius 1 is 0.300 bits per heavy atom. The highest BCUT2D eigenvalue weighted by Crippen LogP contribution is 2.17. The lowest BCUT2D eigenvalue weighted by Gasteiger charge is -2.22. The number of carboxylic acid groups (broad SMARTS) is 1. The molecule has 0 bridgehead atoms. The molecule has 0 aromatic carbocycles. The third-order valence-corrected chi connectivity index (χ3v) is 11.3. The molecule has 0 rings (SSSR count). The molecule has 0 atom stereocenters. The minimum Gasteiger partial charge on any atom is -0.481 e. The fourth-order valence-corrected chi connectivity index (χ4v) is 7.77. The van der Waals surface area contributed by atoms with Gasteiger partial charge in [-0.15, -0.1) is 0 Å². The number of hydrogen-bond donors (Lipinski definition) is 1. The van der Waals surface area contributed by atoms with Crippen molar-refractivity contribution in [2.45, 2.75) is 277 Å². The van der Waals surface area contributed by atoms with E-state index in [1.54, 1.807) is 0 Å². The summed E-state index contributed by atoms with van der Waals surface area (Å²) in [6, 6.07) is 0. The lowest BCUT2D eigenvalue weighted by molar-refractivity contribution is -0.137. The maximum atomic E-state index is 11.0. The summed E-state index contributed by atoms with van der Waals surface area (Å²) in [4.78, 5) is 13.6. The van der Waals surface area contributed by atoms with E-state index >= 15 is 0 Å². The lowest BCUT2D eigenvalue weighted by Crippen LogP contribution is -2.27. The molecule has 3 nitrogen and oxygen atoms in total. The Morgan fingerprint density at radius 3 is 0.680 bits per heavy atom. The van der Waals surface area contributed by atoms with Crippen LogP contribution in [0.4, 0.5) is 0 Å². The normalized spacial score (nSPS) is 11.7. The van der Waals surface area contributed by atoms with Gasteiger partial charge in [-0.25, -0.2) is 0 Å². The van der Waals surface area contributed by atoms with E-state index in [4.69, 9.17) is 5.11 Å². The first-order valence-corrected chi connectivity index (χ1v) is 23.6. The van der Waals surface area contributed by atoms with Gasteiger partial charge in [-0.3, -0.25) is 4.79 Å². The second kappa shape index (κ2) is 44.6. The first-order chi connectivity index (χ1) is 24.7. The summed E-state index contributed by atoms with van der Waals surface area (Å²) in [6.07, 6.45) is 56.6. The van der Waals surface area contributed by atoms with Crippen LogP contribution in [0.25, 0.3) is 0 Å². The number of nitrogens with zero attached hydrogens (tertiary/aromatic N) is 1. The van der Waals surface area contributed by atoms with Crippen LogP contribution in [0.3, 0.4) is 0 Å². The van der Waals surface area contributed by atoms with Crippen LogP contribution in [0.5, 0.6) is 0 Å². The van der Waals surface area contributed by atoms with E-state index in [9.17, 15) is 4.79 Å². The molecular formula is C47H95NO2. The summed E-state index contributed by atoms with van der Waals surface area (Å²) in [5, 5.41) is 9.02. The van der Waals surface area contributed by atoms with Crippen molar-refractivity contribution >= 4 is 5.97 Å². The molecule has 300 valence electrons. The van der Waals surface area contributed by atoms with E-state index in [1.807, 2.05) is 0 Å². The Morgan fingerprint density at radius 2 is 0.480 bits per heavy atom. The third kappa shape index (κ3) is 43.6.